The monoisotopic (exact) mass is 458 g/mol. The first-order valence-electron chi connectivity index (χ1n) is 8.88. The van der Waals surface area contributed by atoms with Gasteiger partial charge in [-0.25, -0.2) is 13.4 Å². The molecule has 31 heavy (non-hydrogen) atoms. The average molecular weight is 459 g/mol. The Kier molecular flexibility index (Phi) is 5.25. The summed E-state index contributed by atoms with van der Waals surface area (Å²) >= 11 is 6.22. The van der Waals surface area contributed by atoms with Gasteiger partial charge in [0.05, 0.1) is 33.8 Å². The zero-order chi connectivity index (χ0) is 22.2. The van der Waals surface area contributed by atoms with Crippen LogP contribution >= 0.6 is 11.6 Å². The van der Waals surface area contributed by atoms with Gasteiger partial charge in [-0.3, -0.25) is 14.8 Å². The summed E-state index contributed by atoms with van der Waals surface area (Å²) < 4.78 is 33.3. The number of methoxy groups -OCH3 is 1. The van der Waals surface area contributed by atoms with Crippen LogP contribution in [0.3, 0.4) is 0 Å². The molecule has 0 unspecified atom stereocenters. The van der Waals surface area contributed by atoms with Gasteiger partial charge in [0.15, 0.2) is 0 Å². The van der Waals surface area contributed by atoms with E-state index in [1.807, 2.05) is 18.2 Å². The van der Waals surface area contributed by atoms with Crippen molar-refractivity contribution < 1.29 is 18.1 Å². The summed E-state index contributed by atoms with van der Waals surface area (Å²) in [7, 11) is -2.88. The van der Waals surface area contributed by atoms with Gasteiger partial charge in [0, 0.05) is 17.7 Å². The van der Waals surface area contributed by atoms with Crippen LogP contribution in [0.2, 0.25) is 5.02 Å². The highest BCUT2D eigenvalue weighted by Crippen LogP contribution is 2.31. The van der Waals surface area contributed by atoms with Crippen LogP contribution in [0, 0.1) is 10.1 Å². The second kappa shape index (κ2) is 7.89. The Hall–Kier alpha value is -3.63. The largest absolute Gasteiger partial charge is 0.495 e. The number of non-ortho nitro benzene ring substituents is 1. The van der Waals surface area contributed by atoms with Crippen molar-refractivity contribution in [3.05, 3.63) is 75.8 Å². The Labute approximate surface area is 181 Å². The molecule has 9 nitrogen and oxygen atoms in total. The summed E-state index contributed by atoms with van der Waals surface area (Å²) in [5.41, 5.74) is 1.79. The van der Waals surface area contributed by atoms with Gasteiger partial charge >= 0.3 is 0 Å². The van der Waals surface area contributed by atoms with Crippen LogP contribution in [0.1, 0.15) is 0 Å². The molecule has 1 heterocycles. The number of nitrogens with one attached hydrogen (secondary N) is 2. The zero-order valence-corrected chi connectivity index (χ0v) is 17.6. The zero-order valence-electron chi connectivity index (χ0n) is 16.0. The van der Waals surface area contributed by atoms with Crippen molar-refractivity contribution in [1.29, 1.82) is 0 Å². The summed E-state index contributed by atoms with van der Waals surface area (Å²) in [5.74, 6) is 0.530. The van der Waals surface area contributed by atoms with E-state index in [0.717, 1.165) is 6.07 Å². The Bertz CT molecular complexity index is 1420. The molecule has 0 aliphatic carbocycles. The second-order valence-corrected chi connectivity index (χ2v) is 8.55. The minimum absolute atomic E-state index is 0.0123. The number of rotatable bonds is 6. The lowest BCUT2D eigenvalue weighted by Crippen LogP contribution is -2.14. The third kappa shape index (κ3) is 4.03. The molecule has 3 aromatic carbocycles. The molecule has 0 spiro atoms. The SMILES string of the molecule is COc1ccc([N+](=O)[O-])cc1S(=O)(=O)Nc1ccc2nc(-c3ccccc3Cl)[nH]c2c1. The van der Waals surface area contributed by atoms with Crippen LogP contribution in [0.15, 0.2) is 65.6 Å². The number of ether oxygens (including phenoxy) is 1. The first-order chi connectivity index (χ1) is 14.8. The van der Waals surface area contributed by atoms with Gasteiger partial charge in [-0.2, -0.15) is 0 Å². The van der Waals surface area contributed by atoms with Crippen LogP contribution in [0.5, 0.6) is 5.75 Å². The molecule has 0 amide bonds. The molecule has 0 fully saturated rings. The molecule has 1 aromatic heterocycles. The third-order valence-corrected chi connectivity index (χ3v) is 6.24. The fraction of sp³-hybridized carbons (Fsp3) is 0.0500. The molecule has 4 rings (SSSR count). The van der Waals surface area contributed by atoms with E-state index in [9.17, 15) is 18.5 Å². The minimum atomic E-state index is -4.17. The highest BCUT2D eigenvalue weighted by atomic mass is 35.5. The van der Waals surface area contributed by atoms with E-state index in [4.69, 9.17) is 16.3 Å². The number of nitro benzene ring substituents is 1. The maximum Gasteiger partial charge on any atom is 0.271 e. The number of hydrogen-bond donors (Lipinski definition) is 2. The van der Waals surface area contributed by atoms with E-state index in [0.29, 0.717) is 27.4 Å². The van der Waals surface area contributed by atoms with Crippen LogP contribution in [0.25, 0.3) is 22.4 Å². The van der Waals surface area contributed by atoms with Crippen molar-refractivity contribution >= 4 is 44.0 Å². The predicted octanol–water partition coefficient (Wildman–Crippen LogP) is 4.60. The number of nitrogens with zero attached hydrogens (tertiary/aromatic N) is 2. The average Bonchev–Trinajstić information content (AvgIpc) is 3.16. The number of nitro groups is 1. The Morgan fingerprint density at radius 3 is 2.61 bits per heavy atom. The number of aromatic nitrogens is 2. The molecule has 0 saturated carbocycles. The molecule has 4 aromatic rings. The van der Waals surface area contributed by atoms with Gasteiger partial charge < -0.3 is 9.72 Å². The molecule has 0 radical (unpaired) electrons. The molecule has 158 valence electrons. The van der Waals surface area contributed by atoms with Crippen molar-refractivity contribution in [2.45, 2.75) is 4.90 Å². The Morgan fingerprint density at radius 2 is 1.90 bits per heavy atom. The molecule has 0 aliphatic heterocycles. The number of hydrogen-bond acceptors (Lipinski definition) is 6. The normalized spacial score (nSPS) is 11.4. The van der Waals surface area contributed by atoms with Gasteiger partial charge in [-0.1, -0.05) is 23.7 Å². The van der Waals surface area contributed by atoms with E-state index in [1.54, 1.807) is 24.3 Å². The first-order valence-corrected chi connectivity index (χ1v) is 10.7. The molecule has 0 bridgehead atoms. The molecule has 0 aliphatic rings. The lowest BCUT2D eigenvalue weighted by atomic mass is 10.2. The summed E-state index contributed by atoms with van der Waals surface area (Å²) in [5, 5.41) is 11.6. The number of benzene rings is 3. The maximum absolute atomic E-state index is 12.9. The molecule has 11 heteroatoms. The Morgan fingerprint density at radius 1 is 1.13 bits per heavy atom. The van der Waals surface area contributed by atoms with Crippen LogP contribution in [0.4, 0.5) is 11.4 Å². The standard InChI is InChI=1S/C20H15ClN4O5S/c1-30-18-9-7-13(25(26)27)11-19(18)31(28,29)24-12-6-8-16-17(10-12)23-20(22-16)14-4-2-3-5-15(14)21/h2-11,24H,1H3,(H,22,23). The molecule has 0 atom stereocenters. The first kappa shape index (κ1) is 20.6. The third-order valence-electron chi connectivity index (χ3n) is 4.51. The van der Waals surface area contributed by atoms with Gasteiger partial charge in [-0.05, 0) is 36.4 Å². The number of imidazole rings is 1. The van der Waals surface area contributed by atoms with Gasteiger partial charge in [-0.15, -0.1) is 0 Å². The van der Waals surface area contributed by atoms with Crippen molar-refractivity contribution in [2.24, 2.45) is 0 Å². The molecule has 2 N–H and O–H groups in total. The van der Waals surface area contributed by atoms with Gasteiger partial charge in [0.2, 0.25) is 0 Å². The maximum atomic E-state index is 12.9. The molecular formula is C20H15ClN4O5S. The van der Waals surface area contributed by atoms with Crippen molar-refractivity contribution in [3.63, 3.8) is 0 Å². The number of fused-ring (bicyclic) bond motifs is 1. The summed E-state index contributed by atoms with van der Waals surface area (Å²) in [6.45, 7) is 0. The number of sulfonamides is 1. The number of aromatic amines is 1. The lowest BCUT2D eigenvalue weighted by molar-refractivity contribution is -0.385. The smallest absolute Gasteiger partial charge is 0.271 e. The van der Waals surface area contributed by atoms with Gasteiger partial charge in [0.1, 0.15) is 16.5 Å². The summed E-state index contributed by atoms with van der Waals surface area (Å²) in [6.07, 6.45) is 0. The lowest BCUT2D eigenvalue weighted by Gasteiger charge is -2.11. The second-order valence-electron chi connectivity index (χ2n) is 6.49. The van der Waals surface area contributed by atoms with Crippen LogP contribution in [-0.2, 0) is 10.0 Å². The van der Waals surface area contributed by atoms with Crippen molar-refractivity contribution in [3.8, 4) is 17.1 Å². The van der Waals surface area contributed by atoms with Crippen LogP contribution < -0.4 is 9.46 Å². The number of anilines is 1. The van der Waals surface area contributed by atoms with E-state index < -0.39 is 14.9 Å². The highest BCUT2D eigenvalue weighted by molar-refractivity contribution is 7.92. The summed E-state index contributed by atoms with van der Waals surface area (Å²) in [6, 6.07) is 15.3. The van der Waals surface area contributed by atoms with Gasteiger partial charge in [0.25, 0.3) is 15.7 Å². The topological polar surface area (TPSA) is 127 Å². The van der Waals surface area contributed by atoms with Crippen molar-refractivity contribution in [1.82, 2.24) is 9.97 Å². The fourth-order valence-corrected chi connectivity index (χ4v) is 4.52. The predicted molar refractivity (Wildman–Crippen MR) is 117 cm³/mol. The minimum Gasteiger partial charge on any atom is -0.495 e. The fourth-order valence-electron chi connectivity index (χ4n) is 3.05. The van der Waals surface area contributed by atoms with E-state index in [1.165, 1.54) is 19.2 Å². The quantitative estimate of drug-likeness (QED) is 0.321. The van der Waals surface area contributed by atoms with Crippen molar-refractivity contribution in [2.75, 3.05) is 11.8 Å². The van der Waals surface area contributed by atoms with E-state index in [-0.39, 0.29) is 22.0 Å². The van der Waals surface area contributed by atoms with E-state index in [2.05, 4.69) is 14.7 Å². The summed E-state index contributed by atoms with van der Waals surface area (Å²) in [4.78, 5) is 17.6. The highest BCUT2D eigenvalue weighted by Gasteiger charge is 2.23. The molecular weight excluding hydrogens is 444 g/mol. The van der Waals surface area contributed by atoms with Crippen LogP contribution in [-0.4, -0.2) is 30.4 Å². The Balaban J connectivity index is 1.71. The number of H-pyrrole nitrogens is 1. The van der Waals surface area contributed by atoms with E-state index >= 15 is 0 Å². The number of halogens is 1. The molecule has 0 saturated heterocycles.